The number of nitrogens with two attached hydrogens (primary N) is 1. The van der Waals surface area contributed by atoms with Crippen LogP contribution >= 0.6 is 23.1 Å². The number of thiophene rings is 1. The van der Waals surface area contributed by atoms with Crippen molar-refractivity contribution in [2.75, 3.05) is 11.1 Å². The monoisotopic (exact) mass is 557 g/mol. The molecule has 10 nitrogen and oxygen atoms in total. The number of benzene rings is 1. The summed E-state index contributed by atoms with van der Waals surface area (Å²) in [5.41, 5.74) is 8.25. The summed E-state index contributed by atoms with van der Waals surface area (Å²) in [4.78, 5) is 37.5. The molecule has 0 radical (unpaired) electrons. The number of esters is 1. The lowest BCUT2D eigenvalue weighted by Crippen LogP contribution is -2.18. The summed E-state index contributed by atoms with van der Waals surface area (Å²) >= 11 is 2.12. The van der Waals surface area contributed by atoms with E-state index in [1.807, 2.05) is 36.6 Å². The van der Waals surface area contributed by atoms with E-state index >= 15 is 0 Å². The number of primary amides is 1. The Morgan fingerprint density at radius 3 is 2.58 bits per heavy atom. The summed E-state index contributed by atoms with van der Waals surface area (Å²) in [6.45, 7) is 13.5. The lowest BCUT2D eigenvalue weighted by Gasteiger charge is -2.11. The van der Waals surface area contributed by atoms with Crippen molar-refractivity contribution in [3.05, 3.63) is 63.8 Å². The molecule has 0 aliphatic rings. The quantitative estimate of drug-likeness (QED) is 0.190. The third-order valence-corrected chi connectivity index (χ3v) is 7.64. The van der Waals surface area contributed by atoms with Crippen LogP contribution in [0, 0.1) is 20.8 Å². The van der Waals surface area contributed by atoms with Gasteiger partial charge in [0, 0.05) is 6.54 Å². The summed E-state index contributed by atoms with van der Waals surface area (Å²) in [6.07, 6.45) is 1.33. The van der Waals surface area contributed by atoms with Crippen LogP contribution in [0.1, 0.15) is 56.4 Å². The number of nitrogens with one attached hydrogen (secondary N) is 1. The molecule has 1 aromatic carbocycles. The van der Waals surface area contributed by atoms with Crippen LogP contribution in [0.25, 0.3) is 0 Å². The van der Waals surface area contributed by atoms with E-state index in [-0.39, 0.29) is 33.9 Å². The second-order valence-electron chi connectivity index (χ2n) is 8.75. The molecular weight excluding hydrogens is 526 g/mol. The van der Waals surface area contributed by atoms with Crippen molar-refractivity contribution in [3.8, 4) is 5.75 Å². The minimum Gasteiger partial charge on any atom is -0.486 e. The van der Waals surface area contributed by atoms with Crippen LogP contribution in [0.5, 0.6) is 5.75 Å². The molecule has 0 atom stereocenters. The Balaban J connectivity index is 1.71. The predicted molar refractivity (Wildman–Crippen MR) is 148 cm³/mol. The van der Waals surface area contributed by atoms with Crippen molar-refractivity contribution in [1.82, 2.24) is 14.8 Å². The van der Waals surface area contributed by atoms with Crippen LogP contribution in [0.4, 0.5) is 5.00 Å². The molecular formula is C26H31N5O5S2. The van der Waals surface area contributed by atoms with Crippen molar-refractivity contribution < 1.29 is 23.9 Å². The highest BCUT2D eigenvalue weighted by Gasteiger charge is 2.26. The Morgan fingerprint density at radius 2 is 1.95 bits per heavy atom. The lowest BCUT2D eigenvalue weighted by molar-refractivity contribution is -0.113. The van der Waals surface area contributed by atoms with E-state index in [2.05, 4.69) is 22.1 Å². The molecule has 3 aromatic rings. The molecule has 0 aliphatic heterocycles. The number of hydrogen-bond acceptors (Lipinski definition) is 9. The molecule has 2 aromatic heterocycles. The fourth-order valence-corrected chi connectivity index (χ4v) is 5.27. The molecule has 0 unspecified atom stereocenters. The van der Waals surface area contributed by atoms with E-state index in [1.54, 1.807) is 26.8 Å². The van der Waals surface area contributed by atoms with Gasteiger partial charge in [-0.1, -0.05) is 23.9 Å². The Morgan fingerprint density at radius 1 is 1.21 bits per heavy atom. The van der Waals surface area contributed by atoms with Gasteiger partial charge in [-0.05, 0) is 63.4 Å². The lowest BCUT2D eigenvalue weighted by atomic mass is 10.1. The maximum Gasteiger partial charge on any atom is 0.341 e. The topological polar surface area (TPSA) is 138 Å². The highest BCUT2D eigenvalue weighted by Crippen LogP contribution is 2.34. The molecule has 12 heteroatoms. The van der Waals surface area contributed by atoms with Crippen molar-refractivity contribution >= 4 is 45.9 Å². The minimum absolute atomic E-state index is 0.0190. The first-order chi connectivity index (χ1) is 18.0. The molecule has 0 fully saturated rings. The van der Waals surface area contributed by atoms with E-state index in [0.29, 0.717) is 23.1 Å². The predicted octanol–water partition coefficient (Wildman–Crippen LogP) is 4.42. The third-order valence-electron chi connectivity index (χ3n) is 5.45. The van der Waals surface area contributed by atoms with Crippen molar-refractivity contribution in [2.24, 2.45) is 5.73 Å². The number of carbonyl (C=O) groups excluding carboxylic acids is 3. The molecule has 0 aliphatic carbocycles. The van der Waals surface area contributed by atoms with Crippen molar-refractivity contribution in [1.29, 1.82) is 0 Å². The third kappa shape index (κ3) is 7.01. The Labute approximate surface area is 229 Å². The van der Waals surface area contributed by atoms with Gasteiger partial charge in [0.25, 0.3) is 5.91 Å². The molecule has 0 bridgehead atoms. The fraction of sp³-hybridized carbons (Fsp3) is 0.346. The van der Waals surface area contributed by atoms with Gasteiger partial charge >= 0.3 is 5.97 Å². The first kappa shape index (κ1) is 28.9. The number of hydrogen-bond donors (Lipinski definition) is 2. The molecule has 3 rings (SSSR count). The first-order valence-electron chi connectivity index (χ1n) is 11.8. The Hall–Kier alpha value is -3.64. The molecule has 2 amide bonds. The van der Waals surface area contributed by atoms with Crippen LogP contribution < -0.4 is 15.8 Å². The average Bonchev–Trinajstić information content (AvgIpc) is 3.38. The second-order valence-corrected chi connectivity index (χ2v) is 10.7. The minimum atomic E-state index is -0.686. The summed E-state index contributed by atoms with van der Waals surface area (Å²) in [5.74, 6) is -0.424. The van der Waals surface area contributed by atoms with Gasteiger partial charge in [-0.15, -0.1) is 28.1 Å². The van der Waals surface area contributed by atoms with Crippen LogP contribution in [0.3, 0.4) is 0 Å². The second kappa shape index (κ2) is 12.7. The first-order valence-corrected chi connectivity index (χ1v) is 13.6. The van der Waals surface area contributed by atoms with Crippen LogP contribution in [0.2, 0.25) is 0 Å². The van der Waals surface area contributed by atoms with E-state index in [0.717, 1.165) is 22.6 Å². The smallest absolute Gasteiger partial charge is 0.341 e. The molecule has 2 heterocycles. The van der Waals surface area contributed by atoms with Gasteiger partial charge in [0.2, 0.25) is 5.91 Å². The van der Waals surface area contributed by atoms with E-state index in [4.69, 9.17) is 15.2 Å². The molecule has 0 saturated heterocycles. The summed E-state index contributed by atoms with van der Waals surface area (Å²) < 4.78 is 13.0. The highest BCUT2D eigenvalue weighted by atomic mass is 32.2. The zero-order valence-corrected chi connectivity index (χ0v) is 23.6. The SMILES string of the molecule is C=CCn1c(COc2ccc(C)c(C)c2)nnc1SCC(=O)Nc1sc(C(N)=O)c(C)c1C(=O)OC(C)C. The number of amides is 2. The number of aryl methyl sites for hydroxylation is 2. The number of anilines is 1. The van der Waals surface area contributed by atoms with Gasteiger partial charge in [-0.3, -0.25) is 14.2 Å². The maximum absolute atomic E-state index is 12.8. The molecule has 3 N–H and O–H groups in total. The van der Waals surface area contributed by atoms with Crippen LogP contribution in [0.15, 0.2) is 36.0 Å². The van der Waals surface area contributed by atoms with Crippen molar-refractivity contribution in [2.45, 2.75) is 59.0 Å². The number of ether oxygens (including phenoxy) is 2. The van der Waals surface area contributed by atoms with Crippen molar-refractivity contribution in [3.63, 3.8) is 0 Å². The Bertz CT molecular complexity index is 1360. The van der Waals surface area contributed by atoms with E-state index in [1.165, 1.54) is 17.3 Å². The summed E-state index contributed by atoms with van der Waals surface area (Å²) in [7, 11) is 0. The largest absolute Gasteiger partial charge is 0.486 e. The van der Waals surface area contributed by atoms with Crippen LogP contribution in [-0.4, -0.2) is 44.4 Å². The van der Waals surface area contributed by atoms with Gasteiger partial charge < -0.3 is 20.5 Å². The number of allylic oxidation sites excluding steroid dienone is 1. The molecule has 0 saturated carbocycles. The van der Waals surface area contributed by atoms with E-state index in [9.17, 15) is 14.4 Å². The standard InChI is InChI=1S/C26H31N5O5S2/c1-7-10-31-19(12-35-18-9-8-15(4)16(5)11-18)29-30-26(31)37-13-20(32)28-24-21(25(34)36-14(2)3)17(6)22(38-24)23(27)33/h7-9,11,14H,1,10,12-13H2,2-6H3,(H2,27,33)(H,28,32). The number of aromatic nitrogens is 3. The number of thioether (sulfide) groups is 1. The van der Waals surface area contributed by atoms with E-state index < -0.39 is 17.8 Å². The molecule has 202 valence electrons. The number of nitrogens with zero attached hydrogens (tertiary/aromatic N) is 3. The number of carbonyl (C=O) groups is 3. The van der Waals surface area contributed by atoms with Gasteiger partial charge in [-0.25, -0.2) is 4.79 Å². The Kier molecular flexibility index (Phi) is 9.70. The van der Waals surface area contributed by atoms with Gasteiger partial charge in [-0.2, -0.15) is 0 Å². The maximum atomic E-state index is 12.8. The summed E-state index contributed by atoms with van der Waals surface area (Å²) in [6, 6.07) is 5.86. The fourth-order valence-electron chi connectivity index (χ4n) is 3.44. The molecule has 0 spiro atoms. The normalized spacial score (nSPS) is 10.9. The summed E-state index contributed by atoms with van der Waals surface area (Å²) in [5, 5.41) is 11.9. The highest BCUT2D eigenvalue weighted by molar-refractivity contribution is 7.99. The van der Waals surface area contributed by atoms with Crippen LogP contribution in [-0.2, 0) is 22.7 Å². The average molecular weight is 558 g/mol. The molecule has 38 heavy (non-hydrogen) atoms. The zero-order chi connectivity index (χ0) is 28.0. The van der Waals surface area contributed by atoms with Gasteiger partial charge in [0.05, 0.1) is 22.3 Å². The van der Waals surface area contributed by atoms with Gasteiger partial charge in [0.1, 0.15) is 17.4 Å². The van der Waals surface area contributed by atoms with Gasteiger partial charge in [0.15, 0.2) is 11.0 Å². The zero-order valence-electron chi connectivity index (χ0n) is 22.0. The number of rotatable bonds is 12.